The number of nitrogens with zero attached hydrogens (tertiary/aromatic N) is 2. The van der Waals surface area contributed by atoms with Crippen molar-refractivity contribution in [3.8, 4) is 17.2 Å². The van der Waals surface area contributed by atoms with Gasteiger partial charge in [-0.1, -0.05) is 6.07 Å². The number of benzene rings is 1. The molecular weight excluding hydrogens is 393 g/mol. The van der Waals surface area contributed by atoms with Crippen molar-refractivity contribution < 1.29 is 19.0 Å². The van der Waals surface area contributed by atoms with E-state index in [2.05, 4.69) is 4.90 Å². The van der Waals surface area contributed by atoms with Crippen molar-refractivity contribution in [2.45, 2.75) is 25.9 Å². The molecule has 1 amide bonds. The van der Waals surface area contributed by atoms with Crippen LogP contribution in [0.4, 0.5) is 0 Å². The van der Waals surface area contributed by atoms with Crippen molar-refractivity contribution >= 4 is 30.7 Å². The zero-order valence-electron chi connectivity index (χ0n) is 16.4. The van der Waals surface area contributed by atoms with Crippen molar-refractivity contribution in [1.29, 1.82) is 0 Å². The van der Waals surface area contributed by atoms with E-state index in [-0.39, 0.29) is 36.8 Å². The standard InChI is InChI=1S/C18H29N3O4.2ClH/c1-13(19)11-16(22)21-9-7-20(8-10-21)12-14-5-6-15(23-2)18(25-4)17(14)24-3;;/h5-6,13H,7-12,19H2,1-4H3;2*1H. The van der Waals surface area contributed by atoms with Crippen molar-refractivity contribution in [2.24, 2.45) is 5.73 Å². The van der Waals surface area contributed by atoms with Crippen LogP contribution in [0.3, 0.4) is 0 Å². The average molecular weight is 424 g/mol. The van der Waals surface area contributed by atoms with Crippen molar-refractivity contribution in [3.05, 3.63) is 17.7 Å². The molecule has 9 heteroatoms. The zero-order valence-corrected chi connectivity index (χ0v) is 18.0. The molecule has 0 aliphatic carbocycles. The second-order valence-electron chi connectivity index (χ2n) is 6.33. The Morgan fingerprint density at radius 1 is 1.04 bits per heavy atom. The monoisotopic (exact) mass is 423 g/mol. The Morgan fingerprint density at radius 3 is 2.11 bits per heavy atom. The first-order valence-electron chi connectivity index (χ1n) is 8.53. The third kappa shape index (κ3) is 6.60. The van der Waals surface area contributed by atoms with E-state index in [1.165, 1.54) is 0 Å². The minimum absolute atomic E-state index is 0. The van der Waals surface area contributed by atoms with E-state index in [0.29, 0.717) is 23.7 Å². The predicted molar refractivity (Wildman–Crippen MR) is 111 cm³/mol. The lowest BCUT2D eigenvalue weighted by Crippen LogP contribution is -2.49. The molecule has 0 aromatic heterocycles. The lowest BCUT2D eigenvalue weighted by Gasteiger charge is -2.35. The van der Waals surface area contributed by atoms with E-state index in [0.717, 1.165) is 38.3 Å². The van der Waals surface area contributed by atoms with E-state index in [9.17, 15) is 4.79 Å². The fourth-order valence-corrected chi connectivity index (χ4v) is 3.09. The van der Waals surface area contributed by atoms with E-state index in [1.807, 2.05) is 24.0 Å². The van der Waals surface area contributed by atoms with Crippen LogP contribution in [0.2, 0.25) is 0 Å². The summed E-state index contributed by atoms with van der Waals surface area (Å²) in [6.07, 6.45) is 0.406. The highest BCUT2D eigenvalue weighted by Gasteiger charge is 2.23. The summed E-state index contributed by atoms with van der Waals surface area (Å²) < 4.78 is 16.3. The lowest BCUT2D eigenvalue weighted by atomic mass is 10.1. The average Bonchev–Trinajstić information content (AvgIpc) is 2.61. The highest BCUT2D eigenvalue weighted by Crippen LogP contribution is 2.40. The number of rotatable bonds is 7. The van der Waals surface area contributed by atoms with Gasteiger partial charge in [-0.15, -0.1) is 24.8 Å². The molecule has 1 heterocycles. The van der Waals surface area contributed by atoms with E-state index in [4.69, 9.17) is 19.9 Å². The number of amides is 1. The SMILES string of the molecule is COc1ccc(CN2CCN(C(=O)CC(C)N)CC2)c(OC)c1OC.Cl.Cl. The van der Waals surface area contributed by atoms with Crippen LogP contribution in [0.5, 0.6) is 17.2 Å². The quantitative estimate of drug-likeness (QED) is 0.721. The van der Waals surface area contributed by atoms with Gasteiger partial charge >= 0.3 is 0 Å². The Morgan fingerprint density at radius 2 is 1.63 bits per heavy atom. The normalized spacial score (nSPS) is 15.2. The van der Waals surface area contributed by atoms with Crippen molar-refractivity contribution in [1.82, 2.24) is 9.80 Å². The molecule has 1 aliphatic rings. The van der Waals surface area contributed by atoms with Gasteiger partial charge < -0.3 is 24.8 Å². The molecule has 1 fully saturated rings. The van der Waals surface area contributed by atoms with Crippen LogP contribution >= 0.6 is 24.8 Å². The summed E-state index contributed by atoms with van der Waals surface area (Å²) in [5, 5.41) is 0. The molecule has 7 nitrogen and oxygen atoms in total. The molecule has 1 aromatic carbocycles. The van der Waals surface area contributed by atoms with Gasteiger partial charge in [0.2, 0.25) is 11.7 Å². The maximum atomic E-state index is 12.1. The van der Waals surface area contributed by atoms with Crippen LogP contribution in [0.1, 0.15) is 18.9 Å². The summed E-state index contributed by atoms with van der Waals surface area (Å²) in [6.45, 7) is 5.68. The Balaban J connectivity index is 0.00000338. The molecular formula is C18H31Cl2N3O4. The van der Waals surface area contributed by atoms with E-state index < -0.39 is 0 Å². The highest BCUT2D eigenvalue weighted by atomic mass is 35.5. The Labute approximate surface area is 173 Å². The molecule has 27 heavy (non-hydrogen) atoms. The number of halogens is 2. The Bertz CT molecular complexity index is 594. The lowest BCUT2D eigenvalue weighted by molar-refractivity contribution is -0.133. The molecule has 1 atom stereocenters. The van der Waals surface area contributed by atoms with Crippen LogP contribution in [-0.2, 0) is 11.3 Å². The predicted octanol–water partition coefficient (Wildman–Crippen LogP) is 1.94. The summed E-state index contributed by atoms with van der Waals surface area (Å²) in [4.78, 5) is 16.3. The third-order valence-electron chi connectivity index (χ3n) is 4.40. The maximum absolute atomic E-state index is 12.1. The summed E-state index contributed by atoms with van der Waals surface area (Å²) in [7, 11) is 4.84. The molecule has 0 radical (unpaired) electrons. The molecule has 1 aliphatic heterocycles. The molecule has 1 unspecified atom stereocenters. The van der Waals surface area contributed by atoms with Gasteiger partial charge in [-0.25, -0.2) is 0 Å². The van der Waals surface area contributed by atoms with E-state index >= 15 is 0 Å². The number of ether oxygens (including phenoxy) is 3. The Hall–Kier alpha value is -1.41. The van der Waals surface area contributed by atoms with Gasteiger partial charge in [0.05, 0.1) is 21.3 Å². The molecule has 1 aromatic rings. The van der Waals surface area contributed by atoms with Crippen molar-refractivity contribution in [3.63, 3.8) is 0 Å². The minimum Gasteiger partial charge on any atom is -0.493 e. The number of carbonyl (C=O) groups excluding carboxylic acids is 1. The number of carbonyl (C=O) groups is 1. The number of methoxy groups -OCH3 is 3. The van der Waals surface area contributed by atoms with Gasteiger partial charge in [0.25, 0.3) is 0 Å². The first-order valence-corrected chi connectivity index (χ1v) is 8.53. The second kappa shape index (κ2) is 12.1. The zero-order chi connectivity index (χ0) is 18.4. The van der Waals surface area contributed by atoms with E-state index in [1.54, 1.807) is 21.3 Å². The highest BCUT2D eigenvalue weighted by molar-refractivity contribution is 5.85. The van der Waals surface area contributed by atoms with Crippen LogP contribution in [-0.4, -0.2) is 69.3 Å². The molecule has 2 rings (SSSR count). The largest absolute Gasteiger partial charge is 0.493 e. The van der Waals surface area contributed by atoms with Gasteiger partial charge in [0.1, 0.15) is 0 Å². The number of hydrogen-bond donors (Lipinski definition) is 1. The Kier molecular flexibility index (Phi) is 11.5. The first-order chi connectivity index (χ1) is 12.0. The molecule has 0 bridgehead atoms. The fourth-order valence-electron chi connectivity index (χ4n) is 3.09. The van der Waals surface area contributed by atoms with Gasteiger partial charge in [-0.05, 0) is 13.0 Å². The van der Waals surface area contributed by atoms with Crippen LogP contribution in [0, 0.1) is 0 Å². The topological polar surface area (TPSA) is 77.3 Å². The van der Waals surface area contributed by atoms with Gasteiger partial charge in [-0.2, -0.15) is 0 Å². The summed E-state index contributed by atoms with van der Waals surface area (Å²) in [5.41, 5.74) is 6.76. The summed E-state index contributed by atoms with van der Waals surface area (Å²) in [5.74, 6) is 2.08. The van der Waals surface area contributed by atoms with Crippen LogP contribution < -0.4 is 19.9 Å². The smallest absolute Gasteiger partial charge is 0.224 e. The van der Waals surface area contributed by atoms with Gasteiger partial charge in [0.15, 0.2) is 11.5 Å². The third-order valence-corrected chi connectivity index (χ3v) is 4.40. The van der Waals surface area contributed by atoms with Crippen molar-refractivity contribution in [2.75, 3.05) is 47.5 Å². The minimum atomic E-state index is -0.0958. The van der Waals surface area contributed by atoms with Gasteiger partial charge in [0, 0.05) is 50.7 Å². The summed E-state index contributed by atoms with van der Waals surface area (Å²) >= 11 is 0. The summed E-state index contributed by atoms with van der Waals surface area (Å²) in [6, 6.07) is 3.79. The molecule has 2 N–H and O–H groups in total. The number of hydrogen-bond acceptors (Lipinski definition) is 6. The number of piperazine rings is 1. The number of nitrogens with two attached hydrogens (primary N) is 1. The second-order valence-corrected chi connectivity index (χ2v) is 6.33. The fraction of sp³-hybridized carbons (Fsp3) is 0.611. The van der Waals surface area contributed by atoms with Crippen LogP contribution in [0.15, 0.2) is 12.1 Å². The molecule has 1 saturated heterocycles. The molecule has 0 spiro atoms. The van der Waals surface area contributed by atoms with Gasteiger partial charge in [-0.3, -0.25) is 9.69 Å². The molecule has 0 saturated carbocycles. The first kappa shape index (κ1) is 25.6. The van der Waals surface area contributed by atoms with Crippen LogP contribution in [0.25, 0.3) is 0 Å². The maximum Gasteiger partial charge on any atom is 0.224 e. The molecule has 156 valence electrons.